The van der Waals surface area contributed by atoms with Crippen molar-refractivity contribution < 1.29 is 0 Å². The summed E-state index contributed by atoms with van der Waals surface area (Å²) in [6.45, 7) is 8.45. The van der Waals surface area contributed by atoms with Gasteiger partial charge in [0.25, 0.3) is 5.56 Å². The average molecular weight is 400 g/mol. The van der Waals surface area contributed by atoms with Crippen molar-refractivity contribution in [3.63, 3.8) is 0 Å². The molecule has 0 N–H and O–H groups in total. The van der Waals surface area contributed by atoms with Crippen LogP contribution in [0.3, 0.4) is 0 Å². The number of hydrogen-bond donors (Lipinski definition) is 0. The quantitative estimate of drug-likeness (QED) is 0.439. The second kappa shape index (κ2) is 6.42. The second-order valence-corrected chi connectivity index (χ2v) is 8.65. The van der Waals surface area contributed by atoms with E-state index in [0.29, 0.717) is 4.53 Å². The first-order valence-corrected chi connectivity index (χ1v) is 10.4. The van der Waals surface area contributed by atoms with Crippen LogP contribution in [0.1, 0.15) is 28.1 Å². The molecule has 0 saturated heterocycles. The number of rotatable bonds is 2. The fourth-order valence-corrected chi connectivity index (χ4v) is 5.14. The summed E-state index contributed by atoms with van der Waals surface area (Å²) in [6.07, 6.45) is 2.00. The fraction of sp³-hybridized carbons (Fsp3) is 0.167. The third-order valence-electron chi connectivity index (χ3n) is 5.37. The van der Waals surface area contributed by atoms with Gasteiger partial charge in [0.2, 0.25) is 0 Å². The Balaban J connectivity index is 1.71. The van der Waals surface area contributed by atoms with Gasteiger partial charge in [-0.25, -0.2) is 9.38 Å². The molecule has 0 radical (unpaired) electrons. The maximum Gasteiger partial charge on any atom is 0.274 e. The molecule has 0 aliphatic rings. The Kier molecular flexibility index (Phi) is 3.96. The van der Waals surface area contributed by atoms with Crippen molar-refractivity contribution in [1.29, 1.82) is 0 Å². The van der Waals surface area contributed by atoms with E-state index in [1.165, 1.54) is 22.5 Å². The van der Waals surface area contributed by atoms with Crippen molar-refractivity contribution in [3.8, 4) is 5.69 Å². The molecule has 5 rings (SSSR count). The van der Waals surface area contributed by atoms with Crippen molar-refractivity contribution in [2.45, 2.75) is 27.7 Å². The zero-order valence-electron chi connectivity index (χ0n) is 16.9. The molecule has 0 unspecified atom stereocenters. The van der Waals surface area contributed by atoms with E-state index in [0.717, 1.165) is 38.6 Å². The molecule has 3 aromatic heterocycles. The van der Waals surface area contributed by atoms with Gasteiger partial charge in [-0.2, -0.15) is 0 Å². The van der Waals surface area contributed by atoms with E-state index in [1.54, 1.807) is 4.40 Å². The summed E-state index contributed by atoms with van der Waals surface area (Å²) >= 11 is 1.44. The number of imidazole rings is 1. The third kappa shape index (κ3) is 2.81. The van der Waals surface area contributed by atoms with E-state index >= 15 is 0 Å². The summed E-state index contributed by atoms with van der Waals surface area (Å²) in [5.74, 6) is 0. The average Bonchev–Trinajstić information content (AvgIpc) is 3.26. The molecule has 0 aliphatic heterocycles. The van der Waals surface area contributed by atoms with Crippen LogP contribution < -0.4 is 10.1 Å². The molecular weight excluding hydrogens is 378 g/mol. The van der Waals surface area contributed by atoms with Crippen molar-refractivity contribution in [1.82, 2.24) is 14.0 Å². The van der Waals surface area contributed by atoms with Gasteiger partial charge in [0.05, 0.1) is 15.6 Å². The molecule has 2 aromatic carbocycles. The first-order valence-electron chi connectivity index (χ1n) is 9.62. The van der Waals surface area contributed by atoms with Crippen LogP contribution in [-0.2, 0) is 0 Å². The van der Waals surface area contributed by atoms with Gasteiger partial charge in [-0.05, 0) is 80.8 Å². The third-order valence-corrected chi connectivity index (χ3v) is 6.34. The standard InChI is InChI=1S/C24H21N3OS/c1-14-9-15(2)11-19(10-14)26-16(3)12-18(17(26)4)13-22-23(28)27-21-8-6-5-7-20(21)25-24(27)29-22/h5-13H,1-4H3/b22-13-. The van der Waals surface area contributed by atoms with Crippen LogP contribution in [0.2, 0.25) is 0 Å². The van der Waals surface area contributed by atoms with Crippen LogP contribution >= 0.6 is 11.3 Å². The normalized spacial score (nSPS) is 12.5. The molecule has 3 heterocycles. The molecule has 0 atom stereocenters. The summed E-state index contributed by atoms with van der Waals surface area (Å²) in [4.78, 5) is 18.4. The highest BCUT2D eigenvalue weighted by Crippen LogP contribution is 2.23. The van der Waals surface area contributed by atoms with E-state index < -0.39 is 0 Å². The summed E-state index contributed by atoms with van der Waals surface area (Å²) in [6, 6.07) is 16.5. The van der Waals surface area contributed by atoms with Crippen LogP contribution in [-0.4, -0.2) is 14.0 Å². The first-order chi connectivity index (χ1) is 13.9. The van der Waals surface area contributed by atoms with Crippen LogP contribution in [0.25, 0.3) is 27.8 Å². The number of benzene rings is 2. The maximum absolute atomic E-state index is 13.1. The lowest BCUT2D eigenvalue weighted by molar-refractivity contribution is 0.960. The lowest BCUT2D eigenvalue weighted by Gasteiger charge is -2.11. The van der Waals surface area contributed by atoms with Gasteiger partial charge >= 0.3 is 0 Å². The highest BCUT2D eigenvalue weighted by atomic mass is 32.1. The van der Waals surface area contributed by atoms with Crippen molar-refractivity contribution in [3.05, 3.63) is 91.5 Å². The lowest BCUT2D eigenvalue weighted by atomic mass is 10.1. The Bertz CT molecular complexity index is 1500. The van der Waals surface area contributed by atoms with Gasteiger partial charge in [-0.3, -0.25) is 4.79 Å². The molecule has 0 spiro atoms. The minimum Gasteiger partial charge on any atom is -0.318 e. The molecule has 5 heteroatoms. The Hall–Kier alpha value is -3.18. The Morgan fingerprint density at radius 3 is 2.45 bits per heavy atom. The second-order valence-electron chi connectivity index (χ2n) is 7.64. The summed E-state index contributed by atoms with van der Waals surface area (Å²) in [5, 5.41) is 0. The van der Waals surface area contributed by atoms with Gasteiger partial charge in [0.1, 0.15) is 0 Å². The van der Waals surface area contributed by atoms with Crippen LogP contribution in [0.15, 0.2) is 53.3 Å². The Morgan fingerprint density at radius 2 is 1.69 bits per heavy atom. The number of nitrogens with zero attached hydrogens (tertiary/aromatic N) is 3. The maximum atomic E-state index is 13.1. The van der Waals surface area contributed by atoms with E-state index in [4.69, 9.17) is 0 Å². The van der Waals surface area contributed by atoms with E-state index in [1.807, 2.05) is 30.3 Å². The fourth-order valence-electron chi connectivity index (χ4n) is 4.16. The number of thiazole rings is 1. The monoisotopic (exact) mass is 399 g/mol. The topological polar surface area (TPSA) is 39.3 Å². The van der Waals surface area contributed by atoms with Crippen LogP contribution in [0.4, 0.5) is 0 Å². The smallest absolute Gasteiger partial charge is 0.274 e. The van der Waals surface area contributed by atoms with Crippen molar-refractivity contribution in [2.75, 3.05) is 0 Å². The number of fused-ring (bicyclic) bond motifs is 3. The van der Waals surface area contributed by atoms with Crippen LogP contribution in [0, 0.1) is 27.7 Å². The zero-order valence-corrected chi connectivity index (χ0v) is 17.7. The van der Waals surface area contributed by atoms with Gasteiger partial charge in [-0.15, -0.1) is 0 Å². The molecule has 29 heavy (non-hydrogen) atoms. The number of para-hydroxylation sites is 2. The lowest BCUT2D eigenvalue weighted by Crippen LogP contribution is -2.22. The van der Waals surface area contributed by atoms with Gasteiger partial charge in [-0.1, -0.05) is 29.5 Å². The highest BCUT2D eigenvalue weighted by Gasteiger charge is 2.13. The van der Waals surface area contributed by atoms with Crippen molar-refractivity contribution in [2.24, 2.45) is 0 Å². The number of aryl methyl sites for hydroxylation is 3. The molecule has 0 saturated carbocycles. The molecular formula is C24H21N3OS. The summed E-state index contributed by atoms with van der Waals surface area (Å²) in [5.41, 5.74) is 8.70. The van der Waals surface area contributed by atoms with E-state index in [9.17, 15) is 4.79 Å². The van der Waals surface area contributed by atoms with E-state index in [-0.39, 0.29) is 5.56 Å². The van der Waals surface area contributed by atoms with Gasteiger partial charge in [0.15, 0.2) is 4.96 Å². The van der Waals surface area contributed by atoms with Crippen LogP contribution in [0.5, 0.6) is 0 Å². The molecule has 0 amide bonds. The first kappa shape index (κ1) is 17.9. The van der Waals surface area contributed by atoms with Gasteiger partial charge < -0.3 is 4.57 Å². The molecule has 0 aliphatic carbocycles. The van der Waals surface area contributed by atoms with Gasteiger partial charge in [0, 0.05) is 17.1 Å². The summed E-state index contributed by atoms with van der Waals surface area (Å²) in [7, 11) is 0. The van der Waals surface area contributed by atoms with E-state index in [2.05, 4.69) is 61.5 Å². The predicted molar refractivity (Wildman–Crippen MR) is 120 cm³/mol. The SMILES string of the molecule is Cc1cc(C)cc(-n2c(C)cc(/C=c3\sc4nc5ccccc5n4c3=O)c2C)c1. The van der Waals surface area contributed by atoms with Crippen molar-refractivity contribution >= 4 is 33.4 Å². The predicted octanol–water partition coefficient (Wildman–Crippen LogP) is 4.48. The molecule has 5 aromatic rings. The number of aromatic nitrogens is 3. The summed E-state index contributed by atoms with van der Waals surface area (Å²) < 4.78 is 4.68. The molecule has 4 nitrogen and oxygen atoms in total. The Labute approximate surface area is 172 Å². The number of hydrogen-bond acceptors (Lipinski definition) is 3. The Morgan fingerprint density at radius 1 is 0.966 bits per heavy atom. The highest BCUT2D eigenvalue weighted by molar-refractivity contribution is 7.15. The molecule has 0 fully saturated rings. The minimum absolute atomic E-state index is 0.00472. The molecule has 0 bridgehead atoms. The largest absolute Gasteiger partial charge is 0.318 e. The minimum atomic E-state index is -0.00472. The molecule has 144 valence electrons. The zero-order chi connectivity index (χ0) is 20.3.